The number of alkyl halides is 6. The van der Waals surface area contributed by atoms with Crippen LogP contribution in [0.2, 0.25) is 0 Å². The van der Waals surface area contributed by atoms with Gasteiger partial charge in [0.1, 0.15) is 5.82 Å². The van der Waals surface area contributed by atoms with Gasteiger partial charge >= 0.3 is 12.4 Å². The molecule has 0 radical (unpaired) electrons. The summed E-state index contributed by atoms with van der Waals surface area (Å²) < 4.78 is 90.9. The Balaban J connectivity index is 2.25. The molecule has 0 aliphatic rings. The molecule has 3 aromatic rings. The summed E-state index contributed by atoms with van der Waals surface area (Å²) in [6, 6.07) is 7.68. The molecule has 2 aromatic carbocycles. The summed E-state index contributed by atoms with van der Waals surface area (Å²) in [5, 5.41) is 3.48. The van der Waals surface area contributed by atoms with Crippen LogP contribution >= 0.6 is 0 Å². The minimum absolute atomic E-state index is 0.00991. The van der Waals surface area contributed by atoms with Gasteiger partial charge < -0.3 is 15.2 Å². The first-order valence-corrected chi connectivity index (χ1v) is 8.33. The first-order chi connectivity index (χ1) is 14.0. The lowest BCUT2D eigenvalue weighted by Gasteiger charge is -2.12. The number of aromatic nitrogens is 2. The number of anilines is 1. The van der Waals surface area contributed by atoms with Gasteiger partial charge in [-0.25, -0.2) is 4.68 Å². The molecule has 0 atom stereocenters. The van der Waals surface area contributed by atoms with E-state index >= 15 is 0 Å². The summed E-state index contributed by atoms with van der Waals surface area (Å²) in [6.07, 6.45) is -9.60. The number of hydrogen-bond donors (Lipinski definition) is 1. The second-order valence-corrected chi connectivity index (χ2v) is 6.14. The van der Waals surface area contributed by atoms with Crippen LogP contribution < -0.4 is 15.2 Å². The Morgan fingerprint density at radius 1 is 0.867 bits per heavy atom. The molecule has 1 aromatic heterocycles. The molecule has 0 bridgehead atoms. The third-order valence-electron chi connectivity index (χ3n) is 4.28. The van der Waals surface area contributed by atoms with Crippen LogP contribution in [-0.4, -0.2) is 24.0 Å². The van der Waals surface area contributed by atoms with Crippen LogP contribution in [0.25, 0.3) is 16.8 Å². The van der Waals surface area contributed by atoms with E-state index in [1.807, 2.05) is 0 Å². The molecule has 0 saturated carbocycles. The van der Waals surface area contributed by atoms with E-state index in [0.29, 0.717) is 10.7 Å². The van der Waals surface area contributed by atoms with Crippen LogP contribution in [-0.2, 0) is 12.4 Å². The van der Waals surface area contributed by atoms with Crippen molar-refractivity contribution in [1.29, 1.82) is 0 Å². The lowest BCUT2D eigenvalue weighted by Crippen LogP contribution is -2.09. The number of nitrogens with two attached hydrogens (primary N) is 1. The molecule has 0 amide bonds. The number of halogens is 6. The molecule has 160 valence electrons. The predicted octanol–water partition coefficient (Wildman–Crippen LogP) is 5.18. The lowest BCUT2D eigenvalue weighted by atomic mass is 10.0. The first-order valence-electron chi connectivity index (χ1n) is 8.33. The van der Waals surface area contributed by atoms with Crippen LogP contribution in [0.4, 0.5) is 32.2 Å². The minimum Gasteiger partial charge on any atom is -0.493 e. The van der Waals surface area contributed by atoms with E-state index in [2.05, 4.69) is 5.10 Å². The highest BCUT2D eigenvalue weighted by atomic mass is 19.4. The fourth-order valence-corrected chi connectivity index (χ4v) is 2.92. The smallest absolute Gasteiger partial charge is 0.435 e. The second-order valence-electron chi connectivity index (χ2n) is 6.14. The van der Waals surface area contributed by atoms with Gasteiger partial charge in [-0.3, -0.25) is 0 Å². The summed E-state index contributed by atoms with van der Waals surface area (Å²) in [6.45, 7) is 0. The van der Waals surface area contributed by atoms with E-state index in [4.69, 9.17) is 15.2 Å². The molecular formula is C19H15F6N3O2. The minimum atomic E-state index is -4.91. The van der Waals surface area contributed by atoms with E-state index in [1.165, 1.54) is 38.5 Å². The number of nitrogen functional groups attached to an aromatic ring is 1. The summed E-state index contributed by atoms with van der Waals surface area (Å²) in [7, 11) is 2.67. The number of nitrogens with zero attached hydrogens (tertiary/aromatic N) is 2. The SMILES string of the molecule is COc1ccc(-c2c(C(F)(F)F)nn(-c3cccc(C(F)(F)F)c3)c2N)cc1OC. The van der Waals surface area contributed by atoms with Gasteiger partial charge in [-0.1, -0.05) is 12.1 Å². The van der Waals surface area contributed by atoms with Crippen LogP contribution in [0.3, 0.4) is 0 Å². The molecule has 0 saturated heterocycles. The highest BCUT2D eigenvalue weighted by Crippen LogP contribution is 2.43. The van der Waals surface area contributed by atoms with Gasteiger partial charge in [0.25, 0.3) is 0 Å². The third-order valence-corrected chi connectivity index (χ3v) is 4.28. The van der Waals surface area contributed by atoms with E-state index in [1.54, 1.807) is 0 Å². The molecule has 0 aliphatic heterocycles. The zero-order valence-corrected chi connectivity index (χ0v) is 15.6. The molecule has 30 heavy (non-hydrogen) atoms. The van der Waals surface area contributed by atoms with Crippen LogP contribution in [0.15, 0.2) is 42.5 Å². The Labute approximate surface area is 166 Å². The molecule has 1 heterocycles. The van der Waals surface area contributed by atoms with E-state index in [0.717, 1.165) is 12.1 Å². The van der Waals surface area contributed by atoms with Crippen molar-refractivity contribution in [3.8, 4) is 28.3 Å². The zero-order valence-electron chi connectivity index (χ0n) is 15.6. The van der Waals surface area contributed by atoms with Gasteiger partial charge in [0.2, 0.25) is 0 Å². The molecule has 0 unspecified atom stereocenters. The summed E-state index contributed by atoms with van der Waals surface area (Å²) in [4.78, 5) is 0. The molecule has 0 fully saturated rings. The average Bonchev–Trinajstić information content (AvgIpc) is 3.04. The number of benzene rings is 2. The normalized spacial score (nSPS) is 12.1. The summed E-state index contributed by atoms with van der Waals surface area (Å²) in [5.74, 6) is -0.0538. The van der Waals surface area contributed by atoms with Crippen molar-refractivity contribution in [3.05, 3.63) is 53.7 Å². The maximum absolute atomic E-state index is 13.7. The quantitative estimate of drug-likeness (QED) is 0.579. The van der Waals surface area contributed by atoms with Crippen LogP contribution in [0.1, 0.15) is 11.3 Å². The Hall–Kier alpha value is -3.37. The largest absolute Gasteiger partial charge is 0.493 e. The van der Waals surface area contributed by atoms with Gasteiger partial charge in [-0.15, -0.1) is 0 Å². The van der Waals surface area contributed by atoms with Crippen LogP contribution in [0.5, 0.6) is 11.5 Å². The Morgan fingerprint density at radius 3 is 2.10 bits per heavy atom. The highest BCUT2D eigenvalue weighted by molar-refractivity contribution is 5.80. The van der Waals surface area contributed by atoms with Crippen molar-refractivity contribution in [1.82, 2.24) is 9.78 Å². The summed E-state index contributed by atoms with van der Waals surface area (Å²) >= 11 is 0. The lowest BCUT2D eigenvalue weighted by molar-refractivity contribution is -0.141. The number of hydrogen-bond acceptors (Lipinski definition) is 4. The van der Waals surface area contributed by atoms with E-state index < -0.39 is 35.0 Å². The Morgan fingerprint density at radius 2 is 1.53 bits per heavy atom. The molecular weight excluding hydrogens is 416 g/mol. The topological polar surface area (TPSA) is 62.3 Å². The molecule has 0 aliphatic carbocycles. The van der Waals surface area contributed by atoms with E-state index in [-0.39, 0.29) is 22.7 Å². The number of rotatable bonds is 4. The van der Waals surface area contributed by atoms with Gasteiger partial charge in [0.05, 0.1) is 31.0 Å². The van der Waals surface area contributed by atoms with Gasteiger partial charge in [-0.05, 0) is 35.9 Å². The highest BCUT2D eigenvalue weighted by Gasteiger charge is 2.40. The first kappa shape index (κ1) is 21.3. The zero-order chi connectivity index (χ0) is 22.3. The molecule has 11 heteroatoms. The van der Waals surface area contributed by atoms with Gasteiger partial charge in [0.15, 0.2) is 17.2 Å². The van der Waals surface area contributed by atoms with Crippen molar-refractivity contribution in [2.45, 2.75) is 12.4 Å². The fourth-order valence-electron chi connectivity index (χ4n) is 2.92. The average molecular weight is 431 g/mol. The van der Waals surface area contributed by atoms with E-state index in [9.17, 15) is 26.3 Å². The second kappa shape index (κ2) is 7.47. The number of methoxy groups -OCH3 is 2. The molecule has 2 N–H and O–H groups in total. The number of ether oxygens (including phenoxy) is 2. The van der Waals surface area contributed by atoms with Crippen molar-refractivity contribution in [3.63, 3.8) is 0 Å². The summed E-state index contributed by atoms with van der Waals surface area (Å²) in [5.41, 5.74) is 2.81. The van der Waals surface area contributed by atoms with Crippen molar-refractivity contribution in [2.24, 2.45) is 0 Å². The van der Waals surface area contributed by atoms with Crippen molar-refractivity contribution < 1.29 is 35.8 Å². The Bertz CT molecular complexity index is 1070. The van der Waals surface area contributed by atoms with Gasteiger partial charge in [-0.2, -0.15) is 31.4 Å². The standard InChI is InChI=1S/C19H15F6N3O2/c1-29-13-7-6-10(8-14(13)30-2)15-16(19(23,24)25)27-28(17(15)26)12-5-3-4-11(9-12)18(20,21)22/h3-9H,26H2,1-2H3. The molecule has 0 spiro atoms. The Kier molecular flexibility index (Phi) is 5.31. The maximum atomic E-state index is 13.7. The predicted molar refractivity (Wildman–Crippen MR) is 96.5 cm³/mol. The van der Waals surface area contributed by atoms with Crippen molar-refractivity contribution >= 4 is 5.82 Å². The fraction of sp³-hybridized carbons (Fsp3) is 0.211. The van der Waals surface area contributed by atoms with Crippen molar-refractivity contribution in [2.75, 3.05) is 20.0 Å². The molecule has 3 rings (SSSR count). The third kappa shape index (κ3) is 3.87. The van der Waals surface area contributed by atoms with Gasteiger partial charge in [0, 0.05) is 0 Å². The monoisotopic (exact) mass is 431 g/mol. The maximum Gasteiger partial charge on any atom is 0.435 e. The van der Waals surface area contributed by atoms with Crippen LogP contribution in [0, 0.1) is 0 Å². The molecule has 5 nitrogen and oxygen atoms in total.